The molecule has 1 heterocycles. The van der Waals surface area contributed by atoms with Crippen LogP contribution in [0.4, 0.5) is 5.69 Å². The lowest BCUT2D eigenvalue weighted by molar-refractivity contribution is -0.139. The normalized spacial score (nSPS) is 16.2. The van der Waals surface area contributed by atoms with Gasteiger partial charge in [-0.25, -0.2) is 4.79 Å². The van der Waals surface area contributed by atoms with Gasteiger partial charge >= 0.3 is 5.97 Å². The van der Waals surface area contributed by atoms with Crippen molar-refractivity contribution in [3.05, 3.63) is 53.6 Å². The van der Waals surface area contributed by atoms with Crippen molar-refractivity contribution in [3.8, 4) is 17.2 Å². The Bertz CT molecular complexity index is 872. The Morgan fingerprint density at radius 1 is 1.04 bits per heavy atom. The van der Waals surface area contributed by atoms with Gasteiger partial charge in [-0.3, -0.25) is 9.69 Å². The van der Waals surface area contributed by atoms with Gasteiger partial charge in [0.1, 0.15) is 11.8 Å². The smallest absolute Gasteiger partial charge is 0.327 e. The first-order chi connectivity index (χ1) is 11.9. The maximum absolute atomic E-state index is 12.5. The summed E-state index contributed by atoms with van der Waals surface area (Å²) in [6.07, 6.45) is 2.76. The summed E-state index contributed by atoms with van der Waals surface area (Å²) in [4.78, 5) is 25.1. The number of anilines is 1. The zero-order chi connectivity index (χ0) is 18.1. The van der Waals surface area contributed by atoms with Crippen molar-refractivity contribution in [2.24, 2.45) is 0 Å². The summed E-state index contributed by atoms with van der Waals surface area (Å²) < 4.78 is 0. The second kappa shape index (κ2) is 6.20. The highest BCUT2D eigenvalue weighted by atomic mass is 16.4. The lowest BCUT2D eigenvalue weighted by atomic mass is 10.1. The van der Waals surface area contributed by atoms with Crippen LogP contribution in [-0.4, -0.2) is 38.3 Å². The van der Waals surface area contributed by atoms with Crippen LogP contribution in [0.15, 0.2) is 42.5 Å². The maximum Gasteiger partial charge on any atom is 0.327 e. The molecule has 4 N–H and O–H groups in total. The van der Waals surface area contributed by atoms with E-state index >= 15 is 0 Å². The number of benzene rings is 2. The number of phenolic OH excluding ortho intramolecular Hbond substituents is 3. The molecule has 1 aliphatic heterocycles. The molecule has 0 saturated heterocycles. The maximum atomic E-state index is 12.5. The number of carboxylic acid groups (broad SMARTS) is 1. The topological polar surface area (TPSA) is 118 Å². The van der Waals surface area contributed by atoms with Crippen molar-refractivity contribution in [3.63, 3.8) is 0 Å². The fourth-order valence-corrected chi connectivity index (χ4v) is 2.77. The highest BCUT2D eigenvalue weighted by Crippen LogP contribution is 2.40. The van der Waals surface area contributed by atoms with Crippen molar-refractivity contribution < 1.29 is 30.0 Å². The van der Waals surface area contributed by atoms with Crippen LogP contribution in [0.3, 0.4) is 0 Å². The lowest BCUT2D eigenvalue weighted by Gasteiger charge is -2.21. The van der Waals surface area contributed by atoms with E-state index in [0.29, 0.717) is 11.1 Å². The third-order valence-electron chi connectivity index (χ3n) is 3.99. The van der Waals surface area contributed by atoms with Gasteiger partial charge in [0.2, 0.25) is 0 Å². The molecule has 7 heteroatoms. The first-order valence-corrected chi connectivity index (χ1v) is 7.45. The molecule has 0 aliphatic carbocycles. The number of hydrogen-bond acceptors (Lipinski definition) is 5. The van der Waals surface area contributed by atoms with Crippen LogP contribution in [-0.2, 0) is 16.0 Å². The molecule has 2 aromatic rings. The van der Waals surface area contributed by atoms with Crippen LogP contribution in [0, 0.1) is 0 Å². The summed E-state index contributed by atoms with van der Waals surface area (Å²) in [5, 5.41) is 37.9. The quantitative estimate of drug-likeness (QED) is 0.500. The Kier molecular flexibility index (Phi) is 4.06. The van der Waals surface area contributed by atoms with E-state index in [1.807, 2.05) is 0 Å². The van der Waals surface area contributed by atoms with Crippen LogP contribution in [0.25, 0.3) is 6.08 Å². The molecule has 0 aromatic heterocycles. The van der Waals surface area contributed by atoms with E-state index in [1.54, 1.807) is 12.1 Å². The molecular weight excluding hydrogens is 326 g/mol. The number of hydrogen-bond donors (Lipinski definition) is 4. The van der Waals surface area contributed by atoms with Gasteiger partial charge in [-0.1, -0.05) is 12.1 Å². The van der Waals surface area contributed by atoms with Crippen molar-refractivity contribution in [1.29, 1.82) is 0 Å². The van der Waals surface area contributed by atoms with E-state index in [9.17, 15) is 30.0 Å². The third kappa shape index (κ3) is 3.12. The van der Waals surface area contributed by atoms with Crippen LogP contribution in [0.5, 0.6) is 17.2 Å². The summed E-state index contributed by atoms with van der Waals surface area (Å²) in [5.41, 5.74) is 1.38. The second-order valence-electron chi connectivity index (χ2n) is 5.66. The summed E-state index contributed by atoms with van der Waals surface area (Å²) in [5.74, 6) is -2.44. The van der Waals surface area contributed by atoms with Gasteiger partial charge in [0.05, 0.1) is 5.69 Å². The molecule has 0 unspecified atom stereocenters. The SMILES string of the molecule is O=C(O)[C@@H]1Cc2cc(O)c(O)cc2N1C(=O)/C=C/c1ccc(O)cc1. The third-order valence-corrected chi connectivity index (χ3v) is 3.99. The van der Waals surface area contributed by atoms with Gasteiger partial charge in [-0.2, -0.15) is 0 Å². The zero-order valence-corrected chi connectivity index (χ0v) is 13.0. The van der Waals surface area contributed by atoms with Crippen molar-refractivity contribution >= 4 is 23.6 Å². The molecule has 0 saturated carbocycles. The minimum absolute atomic E-state index is 0.0390. The van der Waals surface area contributed by atoms with Gasteiger partial charge in [0.15, 0.2) is 11.5 Å². The summed E-state index contributed by atoms with van der Waals surface area (Å²) >= 11 is 0. The molecule has 7 nitrogen and oxygen atoms in total. The van der Waals surface area contributed by atoms with E-state index in [4.69, 9.17) is 0 Å². The van der Waals surface area contributed by atoms with E-state index in [1.165, 1.54) is 36.4 Å². The number of rotatable bonds is 3. The van der Waals surface area contributed by atoms with Gasteiger partial charge in [-0.15, -0.1) is 0 Å². The molecule has 0 fully saturated rings. The Hall–Kier alpha value is -3.48. The predicted octanol–water partition coefficient (Wildman–Crippen LogP) is 1.86. The number of carbonyl (C=O) groups excluding carboxylic acids is 1. The molecular formula is C18H15NO6. The predicted molar refractivity (Wildman–Crippen MR) is 89.5 cm³/mol. The summed E-state index contributed by atoms with van der Waals surface area (Å²) in [6.45, 7) is 0. The number of amides is 1. The highest BCUT2D eigenvalue weighted by Gasteiger charge is 2.38. The minimum Gasteiger partial charge on any atom is -0.508 e. The van der Waals surface area contributed by atoms with Crippen LogP contribution in [0.2, 0.25) is 0 Å². The van der Waals surface area contributed by atoms with Gasteiger partial charge in [0, 0.05) is 18.6 Å². The van der Waals surface area contributed by atoms with E-state index in [0.717, 1.165) is 4.90 Å². The number of aromatic hydroxyl groups is 3. The largest absolute Gasteiger partial charge is 0.508 e. The highest BCUT2D eigenvalue weighted by molar-refractivity contribution is 6.09. The average Bonchev–Trinajstić information content (AvgIpc) is 2.93. The second-order valence-corrected chi connectivity index (χ2v) is 5.66. The van der Waals surface area contributed by atoms with E-state index < -0.39 is 23.7 Å². The molecule has 1 aliphatic rings. The number of fused-ring (bicyclic) bond motifs is 1. The number of carbonyl (C=O) groups is 2. The van der Waals surface area contributed by atoms with Crippen molar-refractivity contribution in [1.82, 2.24) is 0 Å². The Morgan fingerprint density at radius 2 is 1.68 bits per heavy atom. The van der Waals surface area contributed by atoms with Crippen LogP contribution >= 0.6 is 0 Å². The number of aliphatic carboxylic acids is 1. The first-order valence-electron chi connectivity index (χ1n) is 7.45. The fraction of sp³-hybridized carbons (Fsp3) is 0.111. The lowest BCUT2D eigenvalue weighted by Crippen LogP contribution is -2.42. The van der Waals surface area contributed by atoms with Gasteiger partial charge in [0.25, 0.3) is 5.91 Å². The molecule has 1 atom stereocenters. The Morgan fingerprint density at radius 3 is 2.32 bits per heavy atom. The molecule has 0 spiro atoms. The molecule has 3 rings (SSSR count). The Labute approximate surface area is 142 Å². The van der Waals surface area contributed by atoms with E-state index in [-0.39, 0.29) is 23.6 Å². The molecule has 2 aromatic carbocycles. The molecule has 0 radical (unpaired) electrons. The Balaban J connectivity index is 1.93. The van der Waals surface area contributed by atoms with Gasteiger partial charge < -0.3 is 20.4 Å². The van der Waals surface area contributed by atoms with Crippen molar-refractivity contribution in [2.45, 2.75) is 12.5 Å². The van der Waals surface area contributed by atoms with E-state index in [2.05, 4.69) is 0 Å². The minimum atomic E-state index is -1.18. The fourth-order valence-electron chi connectivity index (χ4n) is 2.77. The summed E-state index contributed by atoms with van der Waals surface area (Å²) in [7, 11) is 0. The van der Waals surface area contributed by atoms with Gasteiger partial charge in [-0.05, 0) is 35.4 Å². The van der Waals surface area contributed by atoms with Crippen molar-refractivity contribution in [2.75, 3.05) is 4.90 Å². The molecule has 1 amide bonds. The zero-order valence-electron chi connectivity index (χ0n) is 13.0. The standard InChI is InChI=1S/C18H15NO6/c20-12-4-1-10(2-5-12)3-6-17(23)19-13-9-16(22)15(21)8-11(13)7-14(19)18(24)25/h1-6,8-9,14,20-22H,7H2,(H,24,25)/b6-3+/t14-/m0/s1. The number of nitrogens with zero attached hydrogens (tertiary/aromatic N) is 1. The van der Waals surface area contributed by atoms with Crippen LogP contribution in [0.1, 0.15) is 11.1 Å². The first kappa shape index (κ1) is 16.4. The number of phenols is 3. The molecule has 0 bridgehead atoms. The molecule has 128 valence electrons. The summed E-state index contributed by atoms with van der Waals surface area (Å²) in [6, 6.07) is 7.47. The molecule has 25 heavy (non-hydrogen) atoms. The van der Waals surface area contributed by atoms with Crippen LogP contribution < -0.4 is 4.90 Å². The monoisotopic (exact) mass is 341 g/mol. The average molecular weight is 341 g/mol. The number of carboxylic acids is 1.